The molecule has 0 saturated carbocycles. The van der Waals surface area contributed by atoms with Gasteiger partial charge < -0.3 is 0 Å². The van der Waals surface area contributed by atoms with E-state index in [0.717, 1.165) is 13.1 Å². The normalized spacial score (nSPS) is 33.6. The van der Waals surface area contributed by atoms with Gasteiger partial charge in [-0.25, -0.2) is 0 Å². The standard InChI is InChI=1S/C10H14N2.2ClH.Sn/c1-3-7-11-9(5-1)10-6-2-4-8-12-10;;;/h1,3,5,10H,2,4,6-8H2;2*1H;/q-2;;;+4/p-2. The van der Waals surface area contributed by atoms with E-state index >= 15 is 0 Å². The van der Waals surface area contributed by atoms with Gasteiger partial charge >= 0.3 is 103 Å². The summed E-state index contributed by atoms with van der Waals surface area (Å²) < 4.78 is 4.74. The van der Waals surface area contributed by atoms with Crippen molar-refractivity contribution in [3.8, 4) is 0 Å². The molecule has 0 spiro atoms. The second kappa shape index (κ2) is 3.83. The minimum atomic E-state index is -3.16. The number of fused-ring (bicyclic) bond motifs is 3. The van der Waals surface area contributed by atoms with Crippen LogP contribution in [0.5, 0.6) is 0 Å². The third-order valence-electron chi connectivity index (χ3n) is 3.52. The second-order valence-corrected chi connectivity index (χ2v) is 18.8. The van der Waals surface area contributed by atoms with Gasteiger partial charge in [0.05, 0.1) is 0 Å². The Kier molecular flexibility index (Phi) is 2.74. The molecule has 0 aromatic rings. The Labute approximate surface area is 103 Å². The van der Waals surface area contributed by atoms with Crippen LogP contribution in [0.1, 0.15) is 19.3 Å². The molecule has 2 nitrogen and oxygen atoms in total. The molecule has 0 aliphatic carbocycles. The van der Waals surface area contributed by atoms with Crippen molar-refractivity contribution in [2.24, 2.45) is 0 Å². The molecule has 1 atom stereocenters. The van der Waals surface area contributed by atoms with Gasteiger partial charge in [-0.3, -0.25) is 0 Å². The molecular weight excluding hydrogens is 338 g/mol. The Morgan fingerprint density at radius 1 is 1.33 bits per heavy atom. The summed E-state index contributed by atoms with van der Waals surface area (Å²) in [5.74, 6) is 0. The molecule has 0 amide bonds. The van der Waals surface area contributed by atoms with Crippen LogP contribution in [-0.2, 0) is 0 Å². The van der Waals surface area contributed by atoms with Crippen LogP contribution in [0.15, 0.2) is 23.9 Å². The van der Waals surface area contributed by atoms with Crippen molar-refractivity contribution in [2.75, 3.05) is 13.1 Å². The molecule has 0 radical (unpaired) electrons. The summed E-state index contributed by atoms with van der Waals surface area (Å²) in [4.78, 5) is 0. The zero-order chi connectivity index (χ0) is 10.5. The Hall–Kier alpha value is 0.619. The van der Waals surface area contributed by atoms with Gasteiger partial charge in [0.25, 0.3) is 0 Å². The Morgan fingerprint density at radius 2 is 2.20 bits per heavy atom. The fourth-order valence-electron chi connectivity index (χ4n) is 2.80. The summed E-state index contributed by atoms with van der Waals surface area (Å²) in [6, 6.07) is 0.523. The monoisotopic (exact) mass is 352 g/mol. The zero-order valence-electron chi connectivity index (χ0n) is 8.50. The first-order chi connectivity index (χ1) is 7.21. The molecule has 3 aliphatic rings. The third-order valence-corrected chi connectivity index (χ3v) is 15.8. The Bertz CT molecular complexity index is 340. The van der Waals surface area contributed by atoms with E-state index in [1.54, 1.807) is 0 Å². The molecule has 0 aromatic carbocycles. The van der Waals surface area contributed by atoms with Crippen LogP contribution in [0.25, 0.3) is 0 Å². The van der Waals surface area contributed by atoms with Crippen molar-refractivity contribution in [3.63, 3.8) is 0 Å². The topological polar surface area (TPSA) is 6.48 Å². The molecule has 2 fully saturated rings. The summed E-state index contributed by atoms with van der Waals surface area (Å²) >= 11 is -3.16. The first kappa shape index (κ1) is 10.8. The summed E-state index contributed by atoms with van der Waals surface area (Å²) in [6.45, 7) is 2.02. The summed E-state index contributed by atoms with van der Waals surface area (Å²) in [6.07, 6.45) is 10.3. The average molecular weight is 352 g/mol. The van der Waals surface area contributed by atoms with Crippen LogP contribution in [0, 0.1) is 0 Å². The Morgan fingerprint density at radius 3 is 3.07 bits per heavy atom. The van der Waals surface area contributed by atoms with E-state index in [1.807, 2.05) is 0 Å². The molecule has 3 aliphatic heterocycles. The van der Waals surface area contributed by atoms with E-state index in [1.165, 1.54) is 25.0 Å². The van der Waals surface area contributed by atoms with Crippen LogP contribution >= 0.6 is 17.8 Å². The van der Waals surface area contributed by atoms with E-state index in [2.05, 4.69) is 24.5 Å². The molecule has 1 unspecified atom stereocenters. The molecule has 0 N–H and O–H groups in total. The SMILES string of the molecule is [Cl][Sn]1([Cl])[N]2CC=CC=C2C2CCCC[N]21. The quantitative estimate of drug-likeness (QED) is 0.619. The predicted octanol–water partition coefficient (Wildman–Crippen LogP) is 2.52. The van der Waals surface area contributed by atoms with Crippen molar-refractivity contribution >= 4 is 34.5 Å². The van der Waals surface area contributed by atoms with Crippen LogP contribution < -0.4 is 0 Å². The molecule has 15 heavy (non-hydrogen) atoms. The first-order valence-electron chi connectivity index (χ1n) is 5.50. The van der Waals surface area contributed by atoms with Gasteiger partial charge in [-0.1, -0.05) is 0 Å². The number of nitrogens with zero attached hydrogens (tertiary/aromatic N) is 2. The molecule has 82 valence electrons. The molecule has 3 heterocycles. The number of piperidine rings is 1. The van der Waals surface area contributed by atoms with E-state index < -0.39 is 16.7 Å². The van der Waals surface area contributed by atoms with Crippen molar-refractivity contribution in [1.82, 2.24) is 6.24 Å². The fraction of sp³-hybridized carbons (Fsp3) is 0.600. The maximum absolute atomic E-state index is 6.67. The third kappa shape index (κ3) is 1.56. The average Bonchev–Trinajstić information content (AvgIpc) is 2.51. The van der Waals surface area contributed by atoms with Gasteiger partial charge in [-0.05, 0) is 0 Å². The number of halogens is 2. The second-order valence-electron chi connectivity index (χ2n) is 4.34. The van der Waals surface area contributed by atoms with Gasteiger partial charge in [0, 0.05) is 0 Å². The maximum atomic E-state index is 6.67. The fourth-order valence-corrected chi connectivity index (χ4v) is 14.1. The summed E-state index contributed by atoms with van der Waals surface area (Å²) in [5.41, 5.74) is 1.39. The number of rotatable bonds is 0. The van der Waals surface area contributed by atoms with E-state index in [4.69, 9.17) is 17.8 Å². The number of hydrogen-bond acceptors (Lipinski definition) is 2. The van der Waals surface area contributed by atoms with Crippen LogP contribution in [0.2, 0.25) is 0 Å². The zero-order valence-corrected chi connectivity index (χ0v) is 12.9. The Balaban J connectivity index is 2.01. The number of allylic oxidation sites excluding steroid dienone is 2. The van der Waals surface area contributed by atoms with Gasteiger partial charge in [0.1, 0.15) is 0 Å². The van der Waals surface area contributed by atoms with E-state index in [-0.39, 0.29) is 0 Å². The van der Waals surface area contributed by atoms with E-state index in [0.29, 0.717) is 6.04 Å². The van der Waals surface area contributed by atoms with Crippen LogP contribution in [0.4, 0.5) is 0 Å². The van der Waals surface area contributed by atoms with Crippen molar-refractivity contribution < 1.29 is 0 Å². The first-order valence-corrected chi connectivity index (χ1v) is 15.3. The number of hydrogen-bond donors (Lipinski definition) is 0. The molecule has 5 heteroatoms. The van der Waals surface area contributed by atoms with Gasteiger partial charge in [0.2, 0.25) is 0 Å². The van der Waals surface area contributed by atoms with Crippen LogP contribution in [0.3, 0.4) is 0 Å². The van der Waals surface area contributed by atoms with Crippen LogP contribution in [-0.4, -0.2) is 42.0 Å². The van der Waals surface area contributed by atoms with Crippen molar-refractivity contribution in [2.45, 2.75) is 25.3 Å². The molecule has 0 bridgehead atoms. The predicted molar refractivity (Wildman–Crippen MR) is 65.7 cm³/mol. The molecule has 0 aromatic heterocycles. The van der Waals surface area contributed by atoms with Crippen molar-refractivity contribution in [3.05, 3.63) is 23.9 Å². The van der Waals surface area contributed by atoms with Gasteiger partial charge in [0.15, 0.2) is 0 Å². The summed E-state index contributed by atoms with van der Waals surface area (Å²) in [5, 5.41) is 0. The molecule has 3 rings (SSSR count). The minimum absolute atomic E-state index is 0.523. The van der Waals surface area contributed by atoms with E-state index in [9.17, 15) is 0 Å². The summed E-state index contributed by atoms with van der Waals surface area (Å²) in [7, 11) is 13.3. The molecule has 2 saturated heterocycles. The van der Waals surface area contributed by atoms with Gasteiger partial charge in [-0.15, -0.1) is 0 Å². The molecular formula is C10H14Cl2N2Sn. The van der Waals surface area contributed by atoms with Gasteiger partial charge in [-0.2, -0.15) is 0 Å². The van der Waals surface area contributed by atoms with Crippen molar-refractivity contribution in [1.29, 1.82) is 0 Å².